The molecule has 0 radical (unpaired) electrons. The molecular formula is C14H16ClN5O. The van der Waals surface area contributed by atoms with Crippen molar-refractivity contribution in [2.24, 2.45) is 10.9 Å². The second-order valence-corrected chi connectivity index (χ2v) is 4.94. The van der Waals surface area contributed by atoms with Crippen LogP contribution < -0.4 is 10.6 Å². The fraction of sp³-hybridized carbons (Fsp3) is 0.214. The second kappa shape index (κ2) is 6.41. The van der Waals surface area contributed by atoms with Crippen molar-refractivity contribution in [1.82, 2.24) is 9.97 Å². The molecule has 7 heteroatoms. The average Bonchev–Trinajstić information content (AvgIpc) is 2.53. The van der Waals surface area contributed by atoms with Crippen molar-refractivity contribution in [3.63, 3.8) is 0 Å². The van der Waals surface area contributed by atoms with E-state index in [1.165, 1.54) is 0 Å². The van der Waals surface area contributed by atoms with Crippen molar-refractivity contribution in [3.8, 4) is 0 Å². The summed E-state index contributed by atoms with van der Waals surface area (Å²) in [6, 6.07) is 9.16. The minimum atomic E-state index is -0.0579. The first kappa shape index (κ1) is 15.1. The van der Waals surface area contributed by atoms with Crippen molar-refractivity contribution in [1.29, 1.82) is 0 Å². The fourth-order valence-electron chi connectivity index (χ4n) is 1.91. The lowest BCUT2D eigenvalue weighted by Crippen LogP contribution is -2.25. The summed E-state index contributed by atoms with van der Waals surface area (Å²) in [5.41, 5.74) is 6.88. The van der Waals surface area contributed by atoms with Gasteiger partial charge >= 0.3 is 0 Å². The van der Waals surface area contributed by atoms with Crippen LogP contribution in [0.3, 0.4) is 0 Å². The molecule has 1 aromatic carbocycles. The molecule has 21 heavy (non-hydrogen) atoms. The maximum absolute atomic E-state index is 8.71. The summed E-state index contributed by atoms with van der Waals surface area (Å²) in [7, 11) is 1.86. The van der Waals surface area contributed by atoms with E-state index in [-0.39, 0.29) is 11.9 Å². The summed E-state index contributed by atoms with van der Waals surface area (Å²) in [6.07, 6.45) is 1.56. The Morgan fingerprint density at radius 1 is 1.38 bits per heavy atom. The number of halogens is 1. The number of amidine groups is 1. The zero-order valence-electron chi connectivity index (χ0n) is 11.7. The molecule has 0 saturated carbocycles. The number of anilines is 1. The van der Waals surface area contributed by atoms with Crippen molar-refractivity contribution in [3.05, 3.63) is 52.8 Å². The topological polar surface area (TPSA) is 87.6 Å². The van der Waals surface area contributed by atoms with Gasteiger partial charge in [0.15, 0.2) is 5.84 Å². The van der Waals surface area contributed by atoms with Crippen molar-refractivity contribution < 1.29 is 5.21 Å². The molecule has 6 nitrogen and oxygen atoms in total. The first-order valence-electron chi connectivity index (χ1n) is 6.32. The van der Waals surface area contributed by atoms with Crippen LogP contribution in [0.2, 0.25) is 5.02 Å². The van der Waals surface area contributed by atoms with E-state index >= 15 is 0 Å². The molecule has 1 heterocycles. The van der Waals surface area contributed by atoms with E-state index in [0.29, 0.717) is 16.7 Å². The highest BCUT2D eigenvalue weighted by Crippen LogP contribution is 2.28. The molecule has 0 aliphatic heterocycles. The molecule has 2 aromatic rings. The van der Waals surface area contributed by atoms with E-state index in [4.69, 9.17) is 22.5 Å². The van der Waals surface area contributed by atoms with Crippen LogP contribution in [0.25, 0.3) is 0 Å². The third-order valence-electron chi connectivity index (χ3n) is 3.26. The summed E-state index contributed by atoms with van der Waals surface area (Å²) < 4.78 is 0. The standard InChI is InChI=1S/C14H16ClN5O/c1-9(10-5-3-4-6-11(10)15)20(2)14-17-8-7-12(18-14)13(16)19-21/h3-9,21H,1-2H3,(H2,16,19). The van der Waals surface area contributed by atoms with Crippen LogP contribution in [0.15, 0.2) is 41.7 Å². The van der Waals surface area contributed by atoms with Gasteiger partial charge in [-0.2, -0.15) is 0 Å². The van der Waals surface area contributed by atoms with Gasteiger partial charge in [0.2, 0.25) is 5.95 Å². The monoisotopic (exact) mass is 305 g/mol. The zero-order valence-corrected chi connectivity index (χ0v) is 12.5. The van der Waals surface area contributed by atoms with Crippen LogP contribution in [-0.2, 0) is 0 Å². The lowest BCUT2D eigenvalue weighted by Gasteiger charge is -2.26. The molecule has 0 bridgehead atoms. The Morgan fingerprint density at radius 2 is 2.10 bits per heavy atom. The number of aromatic nitrogens is 2. The SMILES string of the molecule is CC(c1ccccc1Cl)N(C)c1nccc(/C(N)=N/O)n1. The smallest absolute Gasteiger partial charge is 0.226 e. The molecule has 2 rings (SSSR count). The third-order valence-corrected chi connectivity index (χ3v) is 3.61. The number of hydrogen-bond donors (Lipinski definition) is 2. The molecule has 0 fully saturated rings. The Balaban J connectivity index is 2.32. The molecule has 1 atom stereocenters. The summed E-state index contributed by atoms with van der Waals surface area (Å²) in [6.45, 7) is 2.00. The molecule has 1 aromatic heterocycles. The second-order valence-electron chi connectivity index (χ2n) is 4.54. The van der Waals surface area contributed by atoms with Crippen LogP contribution in [0, 0.1) is 0 Å². The lowest BCUT2D eigenvalue weighted by atomic mass is 10.1. The number of nitrogens with two attached hydrogens (primary N) is 1. The maximum atomic E-state index is 8.71. The minimum Gasteiger partial charge on any atom is -0.409 e. The molecular weight excluding hydrogens is 290 g/mol. The minimum absolute atomic E-state index is 0.0266. The first-order valence-corrected chi connectivity index (χ1v) is 6.70. The van der Waals surface area contributed by atoms with E-state index in [9.17, 15) is 0 Å². The van der Waals surface area contributed by atoms with Crippen LogP contribution in [0.5, 0.6) is 0 Å². The van der Waals surface area contributed by atoms with Crippen LogP contribution in [0.1, 0.15) is 24.2 Å². The molecule has 0 saturated heterocycles. The molecule has 0 aliphatic rings. The van der Waals surface area contributed by atoms with E-state index in [2.05, 4.69) is 15.1 Å². The predicted molar refractivity (Wildman–Crippen MR) is 82.8 cm³/mol. The number of hydrogen-bond acceptors (Lipinski definition) is 5. The van der Waals surface area contributed by atoms with Gasteiger partial charge < -0.3 is 15.8 Å². The largest absolute Gasteiger partial charge is 0.409 e. The van der Waals surface area contributed by atoms with Gasteiger partial charge in [-0.25, -0.2) is 9.97 Å². The zero-order chi connectivity index (χ0) is 15.4. The van der Waals surface area contributed by atoms with Crippen molar-refractivity contribution >= 4 is 23.4 Å². The summed E-state index contributed by atoms with van der Waals surface area (Å²) in [4.78, 5) is 10.4. The van der Waals surface area contributed by atoms with Crippen LogP contribution in [-0.4, -0.2) is 28.1 Å². The highest BCUT2D eigenvalue weighted by atomic mass is 35.5. The van der Waals surface area contributed by atoms with E-state index in [1.807, 2.05) is 43.1 Å². The fourth-order valence-corrected chi connectivity index (χ4v) is 2.20. The van der Waals surface area contributed by atoms with Crippen LogP contribution >= 0.6 is 11.6 Å². The van der Waals surface area contributed by atoms with Gasteiger partial charge in [-0.15, -0.1) is 0 Å². The highest BCUT2D eigenvalue weighted by Gasteiger charge is 2.17. The van der Waals surface area contributed by atoms with Gasteiger partial charge in [-0.3, -0.25) is 0 Å². The summed E-state index contributed by atoms with van der Waals surface area (Å²) in [5.74, 6) is 0.406. The van der Waals surface area contributed by atoms with Gasteiger partial charge in [-0.1, -0.05) is 35.0 Å². The van der Waals surface area contributed by atoms with Crippen molar-refractivity contribution in [2.75, 3.05) is 11.9 Å². The number of benzene rings is 1. The Morgan fingerprint density at radius 3 is 2.76 bits per heavy atom. The third kappa shape index (κ3) is 3.22. The number of rotatable bonds is 4. The quantitative estimate of drug-likeness (QED) is 0.392. The van der Waals surface area contributed by atoms with Gasteiger partial charge in [0.1, 0.15) is 5.69 Å². The van der Waals surface area contributed by atoms with Gasteiger partial charge in [-0.05, 0) is 24.6 Å². The van der Waals surface area contributed by atoms with E-state index in [1.54, 1.807) is 12.3 Å². The molecule has 0 aliphatic carbocycles. The Kier molecular flexibility index (Phi) is 4.59. The Labute approximate surface area is 127 Å². The molecule has 110 valence electrons. The summed E-state index contributed by atoms with van der Waals surface area (Å²) >= 11 is 6.22. The highest BCUT2D eigenvalue weighted by molar-refractivity contribution is 6.31. The van der Waals surface area contributed by atoms with Crippen LogP contribution in [0.4, 0.5) is 5.95 Å². The first-order chi connectivity index (χ1) is 10.0. The van der Waals surface area contributed by atoms with Gasteiger partial charge in [0, 0.05) is 18.3 Å². The number of nitrogens with zero attached hydrogens (tertiary/aromatic N) is 4. The maximum Gasteiger partial charge on any atom is 0.226 e. The number of oxime groups is 1. The Hall–Kier alpha value is -2.34. The van der Waals surface area contributed by atoms with E-state index in [0.717, 1.165) is 5.56 Å². The van der Waals surface area contributed by atoms with Gasteiger partial charge in [0.05, 0.1) is 6.04 Å². The molecule has 3 N–H and O–H groups in total. The molecule has 0 amide bonds. The normalized spacial score (nSPS) is 13.0. The summed E-state index contributed by atoms with van der Waals surface area (Å²) in [5, 5.41) is 12.3. The van der Waals surface area contributed by atoms with Gasteiger partial charge in [0.25, 0.3) is 0 Å². The Bertz CT molecular complexity index is 661. The predicted octanol–water partition coefficient (Wildman–Crippen LogP) is 2.42. The lowest BCUT2D eigenvalue weighted by molar-refractivity contribution is 0.318. The molecule has 0 spiro atoms. The van der Waals surface area contributed by atoms with Crippen molar-refractivity contribution in [2.45, 2.75) is 13.0 Å². The van der Waals surface area contributed by atoms with E-state index < -0.39 is 0 Å². The average molecular weight is 306 g/mol. The molecule has 1 unspecified atom stereocenters.